The Kier molecular flexibility index (Phi) is 16.1. The van der Waals surface area contributed by atoms with Crippen molar-refractivity contribution < 1.29 is 22.8 Å². The monoisotopic (exact) mass is 591 g/mol. The van der Waals surface area contributed by atoms with E-state index in [4.69, 9.17) is 0 Å². The summed E-state index contributed by atoms with van der Waals surface area (Å²) in [6.07, 6.45) is 17.2. The second-order valence-corrected chi connectivity index (χ2v) is 13.0. The molecule has 3 amide bonds. The number of hydrogen-bond acceptors (Lipinski definition) is 6. The summed E-state index contributed by atoms with van der Waals surface area (Å²) in [5, 5.41) is 2.42. The molecule has 11 heteroatoms. The molecule has 3 fully saturated rings. The van der Waals surface area contributed by atoms with Crippen molar-refractivity contribution in [3.05, 3.63) is 24.4 Å². The van der Waals surface area contributed by atoms with E-state index < -0.39 is 21.3 Å². The maximum absolute atomic E-state index is 13.1. The molecular formula is C30H49N5O5S. The first kappa shape index (κ1) is 35.9. The lowest BCUT2D eigenvalue weighted by atomic mass is 10.1. The van der Waals surface area contributed by atoms with Gasteiger partial charge < -0.3 is 15.1 Å². The molecule has 0 radical (unpaired) electrons. The van der Waals surface area contributed by atoms with Crippen LogP contribution in [0, 0.1) is 18.8 Å². The minimum absolute atomic E-state index is 0.00511. The molecular weight excluding hydrogens is 542 g/mol. The standard InChI is InChI=1S/C24H37N5O5S.C4H10.C2H2/c1-3-8-18(17-21(25-2)27-35(33,34)19-10-11-19)26-24(32)20-9-7-16-29(20)23(31)13-12-22(30)28-14-5-4-6-15-28;1-4(2)3;1-2/h3,17,19-20H,1,4-16H2,2H3,(H,25,27)(H,26,32);4H,1-3H3;1-2H/t20-;;/m0../s1. The number of nitrogens with one attached hydrogen (secondary N) is 2. The van der Waals surface area contributed by atoms with Crippen LogP contribution in [0.15, 0.2) is 29.4 Å². The number of terminal acetylenes is 1. The second kappa shape index (κ2) is 18.3. The molecule has 10 nitrogen and oxygen atoms in total. The van der Waals surface area contributed by atoms with Crippen LogP contribution in [0.5, 0.6) is 0 Å². The molecule has 41 heavy (non-hydrogen) atoms. The smallest absolute Gasteiger partial charge is 0.246 e. The number of sulfonamides is 1. The number of allylic oxidation sites excluding steroid dienone is 1. The van der Waals surface area contributed by atoms with Crippen LogP contribution < -0.4 is 10.0 Å². The average molecular weight is 592 g/mol. The molecule has 1 saturated carbocycles. The van der Waals surface area contributed by atoms with Gasteiger partial charge >= 0.3 is 0 Å². The number of likely N-dealkylation sites (tertiary alicyclic amines) is 2. The summed E-state index contributed by atoms with van der Waals surface area (Å²) in [6.45, 7) is 12.2. The van der Waals surface area contributed by atoms with Gasteiger partial charge in [-0.15, -0.1) is 19.4 Å². The van der Waals surface area contributed by atoms with Gasteiger partial charge in [-0.25, -0.2) is 8.42 Å². The van der Waals surface area contributed by atoms with Gasteiger partial charge in [-0.1, -0.05) is 26.8 Å². The first-order valence-corrected chi connectivity index (χ1v) is 16.0. The minimum Gasteiger partial charge on any atom is -0.343 e. The molecule has 0 spiro atoms. The lowest BCUT2D eigenvalue weighted by Crippen LogP contribution is -2.46. The Morgan fingerprint density at radius 3 is 2.10 bits per heavy atom. The number of aliphatic imine (C=N–C) groups is 1. The third-order valence-corrected chi connectivity index (χ3v) is 8.39. The molecule has 3 aliphatic rings. The summed E-state index contributed by atoms with van der Waals surface area (Å²) in [6, 6.07) is -0.633. The molecule has 0 bridgehead atoms. The zero-order valence-electron chi connectivity index (χ0n) is 25.2. The van der Waals surface area contributed by atoms with Crippen LogP contribution in [0.3, 0.4) is 0 Å². The molecule has 230 valence electrons. The third kappa shape index (κ3) is 12.9. The highest BCUT2D eigenvalue weighted by Gasteiger charge is 2.37. The summed E-state index contributed by atoms with van der Waals surface area (Å²) >= 11 is 0. The van der Waals surface area contributed by atoms with Gasteiger partial charge in [0, 0.05) is 57.7 Å². The largest absolute Gasteiger partial charge is 0.343 e. The Morgan fingerprint density at radius 1 is 0.976 bits per heavy atom. The first-order valence-electron chi connectivity index (χ1n) is 14.5. The summed E-state index contributed by atoms with van der Waals surface area (Å²) in [5.74, 6) is 0.418. The topological polar surface area (TPSA) is 128 Å². The van der Waals surface area contributed by atoms with Gasteiger partial charge in [-0.05, 0) is 50.9 Å². The van der Waals surface area contributed by atoms with Crippen molar-refractivity contribution in [2.75, 3.05) is 26.7 Å². The summed E-state index contributed by atoms with van der Waals surface area (Å²) in [7, 11) is -2.02. The van der Waals surface area contributed by atoms with Crippen LogP contribution in [0.1, 0.15) is 85.0 Å². The van der Waals surface area contributed by atoms with Crippen molar-refractivity contribution >= 4 is 33.6 Å². The van der Waals surface area contributed by atoms with Gasteiger partial charge in [0.25, 0.3) is 0 Å². The van der Waals surface area contributed by atoms with E-state index in [9.17, 15) is 22.8 Å². The first-order chi connectivity index (χ1) is 19.5. The second-order valence-electron chi connectivity index (χ2n) is 11.0. The van der Waals surface area contributed by atoms with Crippen LogP contribution in [-0.4, -0.2) is 79.7 Å². The molecule has 0 aromatic heterocycles. The van der Waals surface area contributed by atoms with E-state index in [2.05, 4.69) is 55.2 Å². The molecule has 0 unspecified atom stereocenters. The van der Waals surface area contributed by atoms with Gasteiger partial charge in [-0.3, -0.25) is 24.1 Å². The van der Waals surface area contributed by atoms with Gasteiger partial charge in [-0.2, -0.15) is 0 Å². The SMILES string of the molecule is C#C.C=CCC(=CC(=NC)NS(=O)(=O)C1CC1)NC(=O)[C@@H]1CCCN1C(=O)CCC(=O)N1CCCCC1.CC(C)C. The van der Waals surface area contributed by atoms with E-state index in [1.807, 2.05) is 4.90 Å². The number of nitrogens with zero attached hydrogens (tertiary/aromatic N) is 3. The summed E-state index contributed by atoms with van der Waals surface area (Å²) in [4.78, 5) is 45.7. The highest BCUT2D eigenvalue weighted by molar-refractivity contribution is 7.91. The van der Waals surface area contributed by atoms with Crippen molar-refractivity contribution in [2.45, 2.75) is 96.3 Å². The molecule has 2 heterocycles. The van der Waals surface area contributed by atoms with Crippen molar-refractivity contribution in [3.8, 4) is 12.8 Å². The van der Waals surface area contributed by atoms with E-state index in [1.54, 1.807) is 11.0 Å². The van der Waals surface area contributed by atoms with E-state index in [0.29, 0.717) is 44.3 Å². The molecule has 1 aliphatic carbocycles. The number of piperidine rings is 1. The zero-order valence-corrected chi connectivity index (χ0v) is 26.0. The fourth-order valence-corrected chi connectivity index (χ4v) is 5.82. The number of amides is 3. The number of carbonyl (C=O) groups excluding carboxylic acids is 3. The fraction of sp³-hybridized carbons (Fsp3) is 0.667. The van der Waals surface area contributed by atoms with E-state index in [-0.39, 0.29) is 36.4 Å². The van der Waals surface area contributed by atoms with Gasteiger partial charge in [0.2, 0.25) is 27.7 Å². The fourth-order valence-electron chi connectivity index (χ4n) is 4.45. The molecule has 2 aliphatic heterocycles. The number of rotatable bonds is 10. The molecule has 0 aromatic rings. The van der Waals surface area contributed by atoms with Gasteiger partial charge in [0.15, 0.2) is 0 Å². The predicted molar refractivity (Wildman–Crippen MR) is 164 cm³/mol. The number of hydrogen-bond donors (Lipinski definition) is 2. The Morgan fingerprint density at radius 2 is 1.56 bits per heavy atom. The van der Waals surface area contributed by atoms with Crippen molar-refractivity contribution in [2.24, 2.45) is 10.9 Å². The summed E-state index contributed by atoms with van der Waals surface area (Å²) < 4.78 is 27.0. The molecule has 3 rings (SSSR count). The molecule has 1 atom stereocenters. The minimum atomic E-state index is -3.49. The maximum Gasteiger partial charge on any atom is 0.246 e. The van der Waals surface area contributed by atoms with Crippen LogP contribution in [-0.2, 0) is 24.4 Å². The summed E-state index contributed by atoms with van der Waals surface area (Å²) in [5.41, 5.74) is 0.434. The highest BCUT2D eigenvalue weighted by Crippen LogP contribution is 2.27. The predicted octanol–water partition coefficient (Wildman–Crippen LogP) is 3.37. The maximum atomic E-state index is 13.1. The normalized spacial score (nSPS) is 19.3. The van der Waals surface area contributed by atoms with Gasteiger partial charge in [0.1, 0.15) is 11.9 Å². The van der Waals surface area contributed by atoms with Crippen LogP contribution in [0.2, 0.25) is 0 Å². The van der Waals surface area contributed by atoms with Crippen LogP contribution >= 0.6 is 0 Å². The molecule has 2 saturated heterocycles. The average Bonchev–Trinajstić information content (AvgIpc) is 3.70. The number of carbonyl (C=O) groups is 3. The highest BCUT2D eigenvalue weighted by atomic mass is 32.2. The van der Waals surface area contributed by atoms with Crippen molar-refractivity contribution in [3.63, 3.8) is 0 Å². The van der Waals surface area contributed by atoms with Crippen molar-refractivity contribution in [1.29, 1.82) is 0 Å². The van der Waals surface area contributed by atoms with Gasteiger partial charge in [0.05, 0.1) is 5.25 Å². The van der Waals surface area contributed by atoms with Crippen LogP contribution in [0.25, 0.3) is 0 Å². The Labute approximate surface area is 247 Å². The molecule has 2 N–H and O–H groups in total. The quantitative estimate of drug-likeness (QED) is 0.174. The third-order valence-electron chi connectivity index (χ3n) is 6.55. The Bertz CT molecular complexity index is 1070. The zero-order chi connectivity index (χ0) is 31.0. The van der Waals surface area contributed by atoms with E-state index in [1.165, 1.54) is 13.1 Å². The van der Waals surface area contributed by atoms with Crippen molar-refractivity contribution in [1.82, 2.24) is 19.8 Å². The molecule has 0 aromatic carbocycles. The lowest BCUT2D eigenvalue weighted by Gasteiger charge is -2.28. The van der Waals surface area contributed by atoms with E-state index >= 15 is 0 Å². The lowest BCUT2D eigenvalue weighted by molar-refractivity contribution is -0.140. The number of amidine groups is 1. The Balaban J connectivity index is 0.00000129. The Hall–Kier alpha value is -3.13. The van der Waals surface area contributed by atoms with Crippen LogP contribution in [0.4, 0.5) is 0 Å². The van der Waals surface area contributed by atoms with E-state index in [0.717, 1.165) is 38.3 Å².